The SMILES string of the molecule is CO/N=c1/c2c(ncn1C)N(C)CN2C. The number of fused-ring (bicyclic) bond motifs is 1. The second-order valence-electron chi connectivity index (χ2n) is 3.66. The third kappa shape index (κ3) is 1.42. The zero-order valence-corrected chi connectivity index (χ0v) is 9.43. The van der Waals surface area contributed by atoms with Gasteiger partial charge in [-0.2, -0.15) is 0 Å². The highest BCUT2D eigenvalue weighted by Crippen LogP contribution is 2.27. The van der Waals surface area contributed by atoms with Crippen molar-refractivity contribution < 1.29 is 4.84 Å². The van der Waals surface area contributed by atoms with Crippen molar-refractivity contribution in [1.82, 2.24) is 9.55 Å². The molecule has 6 nitrogen and oxygen atoms in total. The summed E-state index contributed by atoms with van der Waals surface area (Å²) >= 11 is 0. The van der Waals surface area contributed by atoms with Crippen molar-refractivity contribution in [2.45, 2.75) is 0 Å². The van der Waals surface area contributed by atoms with Crippen LogP contribution in [0.25, 0.3) is 0 Å². The fraction of sp³-hybridized carbons (Fsp3) is 0.556. The van der Waals surface area contributed by atoms with Gasteiger partial charge in [-0.15, -0.1) is 0 Å². The third-order valence-corrected chi connectivity index (χ3v) is 2.46. The van der Waals surface area contributed by atoms with Crippen molar-refractivity contribution in [3.63, 3.8) is 0 Å². The fourth-order valence-electron chi connectivity index (χ4n) is 1.79. The van der Waals surface area contributed by atoms with Gasteiger partial charge >= 0.3 is 0 Å². The summed E-state index contributed by atoms with van der Waals surface area (Å²) in [7, 11) is 7.47. The molecule has 0 saturated carbocycles. The van der Waals surface area contributed by atoms with E-state index in [9.17, 15) is 0 Å². The Morgan fingerprint density at radius 1 is 1.33 bits per heavy atom. The van der Waals surface area contributed by atoms with E-state index in [1.165, 1.54) is 0 Å². The minimum absolute atomic E-state index is 0.786. The Hall–Kier alpha value is -1.72. The molecule has 2 heterocycles. The van der Waals surface area contributed by atoms with Crippen LogP contribution in [-0.4, -0.2) is 37.4 Å². The van der Waals surface area contributed by atoms with Crippen LogP contribution in [-0.2, 0) is 11.9 Å². The predicted octanol–water partition coefficient (Wildman–Crippen LogP) is -0.274. The van der Waals surface area contributed by atoms with Crippen molar-refractivity contribution in [3.8, 4) is 0 Å². The summed E-state index contributed by atoms with van der Waals surface area (Å²) in [6, 6.07) is 0. The number of hydrogen-bond acceptors (Lipinski definition) is 5. The van der Waals surface area contributed by atoms with Gasteiger partial charge in [0.25, 0.3) is 0 Å². The fourth-order valence-corrected chi connectivity index (χ4v) is 1.79. The highest BCUT2D eigenvalue weighted by atomic mass is 16.6. The minimum Gasteiger partial charge on any atom is -0.397 e. The molecule has 0 unspecified atom stereocenters. The molecule has 1 aromatic heterocycles. The van der Waals surface area contributed by atoms with Gasteiger partial charge in [0.1, 0.15) is 12.8 Å². The molecule has 0 spiro atoms. The van der Waals surface area contributed by atoms with Crippen LogP contribution in [0.4, 0.5) is 11.5 Å². The van der Waals surface area contributed by atoms with Crippen molar-refractivity contribution in [1.29, 1.82) is 0 Å². The standard InChI is InChI=1S/C9H15N5O/c1-12-5-10-8-7(9(12)11-15-4)13(2)6-14(8)3/h5H,6H2,1-4H3/b11-9-. The molecule has 0 saturated heterocycles. The summed E-state index contributed by atoms with van der Waals surface area (Å²) in [6.45, 7) is 0.818. The Balaban J connectivity index is 2.70. The Labute approximate surface area is 88.4 Å². The van der Waals surface area contributed by atoms with E-state index in [0.717, 1.165) is 23.7 Å². The summed E-state index contributed by atoms with van der Waals surface area (Å²) in [4.78, 5) is 13.4. The van der Waals surface area contributed by atoms with Gasteiger partial charge in [-0.3, -0.25) is 0 Å². The smallest absolute Gasteiger partial charge is 0.200 e. The van der Waals surface area contributed by atoms with Crippen LogP contribution in [0.1, 0.15) is 0 Å². The van der Waals surface area contributed by atoms with Gasteiger partial charge in [0, 0.05) is 21.1 Å². The van der Waals surface area contributed by atoms with Gasteiger partial charge in [-0.05, 0) is 0 Å². The molecule has 6 heteroatoms. The van der Waals surface area contributed by atoms with E-state index in [1.807, 2.05) is 25.7 Å². The lowest BCUT2D eigenvalue weighted by Crippen LogP contribution is -2.28. The molecule has 1 aromatic rings. The van der Waals surface area contributed by atoms with E-state index in [4.69, 9.17) is 4.84 Å². The van der Waals surface area contributed by atoms with Crippen LogP contribution in [0.5, 0.6) is 0 Å². The van der Waals surface area contributed by atoms with Crippen molar-refractivity contribution in [3.05, 3.63) is 11.8 Å². The van der Waals surface area contributed by atoms with Crippen molar-refractivity contribution in [2.75, 3.05) is 37.7 Å². The first-order chi connectivity index (χ1) is 7.15. The normalized spacial score (nSPS) is 15.9. The molecule has 0 fully saturated rings. The van der Waals surface area contributed by atoms with E-state index in [1.54, 1.807) is 13.4 Å². The third-order valence-electron chi connectivity index (χ3n) is 2.46. The molecule has 0 aromatic carbocycles. The first-order valence-electron chi connectivity index (χ1n) is 4.70. The van der Waals surface area contributed by atoms with Gasteiger partial charge in [-0.25, -0.2) is 4.98 Å². The molecule has 1 aliphatic heterocycles. The molecule has 82 valence electrons. The highest BCUT2D eigenvalue weighted by molar-refractivity contribution is 5.70. The van der Waals surface area contributed by atoms with Crippen LogP contribution in [0.3, 0.4) is 0 Å². The van der Waals surface area contributed by atoms with Crippen LogP contribution in [0.2, 0.25) is 0 Å². The molecule has 0 radical (unpaired) electrons. The van der Waals surface area contributed by atoms with Crippen LogP contribution in [0.15, 0.2) is 11.5 Å². The predicted molar refractivity (Wildman–Crippen MR) is 57.5 cm³/mol. The van der Waals surface area contributed by atoms with Gasteiger partial charge in [0.2, 0.25) is 5.49 Å². The van der Waals surface area contributed by atoms with E-state index in [2.05, 4.69) is 19.9 Å². The quantitative estimate of drug-likeness (QED) is 0.597. The lowest BCUT2D eigenvalue weighted by atomic mass is 10.4. The van der Waals surface area contributed by atoms with Gasteiger partial charge in [0.05, 0.1) is 13.0 Å². The van der Waals surface area contributed by atoms with Crippen molar-refractivity contribution in [2.24, 2.45) is 12.2 Å². The summed E-state index contributed by atoms with van der Waals surface area (Å²) < 4.78 is 1.85. The molecule has 0 atom stereocenters. The summed E-state index contributed by atoms with van der Waals surface area (Å²) in [5.74, 6) is 0.936. The van der Waals surface area contributed by atoms with Crippen LogP contribution < -0.4 is 15.3 Å². The van der Waals surface area contributed by atoms with E-state index < -0.39 is 0 Å². The zero-order chi connectivity index (χ0) is 11.0. The Morgan fingerprint density at radius 2 is 2.07 bits per heavy atom. The largest absolute Gasteiger partial charge is 0.397 e. The minimum atomic E-state index is 0.786. The number of nitrogens with zero attached hydrogens (tertiary/aromatic N) is 5. The molecule has 0 amide bonds. The monoisotopic (exact) mass is 209 g/mol. The molecule has 0 bridgehead atoms. The summed E-state index contributed by atoms with van der Waals surface area (Å²) in [5.41, 5.74) is 1.79. The van der Waals surface area contributed by atoms with Crippen LogP contribution >= 0.6 is 0 Å². The number of aromatic nitrogens is 2. The summed E-state index contributed by atoms with van der Waals surface area (Å²) in [6.07, 6.45) is 1.74. The van der Waals surface area contributed by atoms with Gasteiger partial charge in [0.15, 0.2) is 5.82 Å². The number of anilines is 2. The molecular formula is C9H15N5O. The maximum Gasteiger partial charge on any atom is 0.200 e. The molecule has 15 heavy (non-hydrogen) atoms. The Morgan fingerprint density at radius 3 is 2.73 bits per heavy atom. The highest BCUT2D eigenvalue weighted by Gasteiger charge is 2.24. The van der Waals surface area contributed by atoms with Crippen molar-refractivity contribution >= 4 is 11.5 Å². The molecular weight excluding hydrogens is 194 g/mol. The Kier molecular flexibility index (Phi) is 2.26. The first kappa shape index (κ1) is 9.82. The second-order valence-corrected chi connectivity index (χ2v) is 3.66. The average Bonchev–Trinajstić information content (AvgIpc) is 2.47. The molecule has 1 aliphatic rings. The maximum absolute atomic E-state index is 4.85. The first-order valence-corrected chi connectivity index (χ1v) is 4.70. The van der Waals surface area contributed by atoms with E-state index >= 15 is 0 Å². The average molecular weight is 209 g/mol. The molecule has 0 aliphatic carbocycles. The molecule has 2 rings (SSSR count). The summed E-state index contributed by atoms with van der Waals surface area (Å²) in [5, 5.41) is 4.02. The Bertz CT molecular complexity index is 439. The van der Waals surface area contributed by atoms with E-state index in [-0.39, 0.29) is 0 Å². The topological polar surface area (TPSA) is 45.9 Å². The maximum atomic E-state index is 4.85. The van der Waals surface area contributed by atoms with Gasteiger partial charge < -0.3 is 19.2 Å². The lowest BCUT2D eigenvalue weighted by Gasteiger charge is -2.11. The number of hydrogen-bond donors (Lipinski definition) is 0. The lowest BCUT2D eigenvalue weighted by molar-refractivity contribution is 0.196. The van der Waals surface area contributed by atoms with Gasteiger partial charge in [-0.1, -0.05) is 5.16 Å². The van der Waals surface area contributed by atoms with Crippen LogP contribution in [0, 0.1) is 0 Å². The second kappa shape index (κ2) is 3.45. The van der Waals surface area contributed by atoms with E-state index in [0.29, 0.717) is 0 Å². The molecule has 0 N–H and O–H groups in total. The zero-order valence-electron chi connectivity index (χ0n) is 9.43. The number of aryl methyl sites for hydroxylation is 1. The number of rotatable bonds is 1.